The third kappa shape index (κ3) is 4.72. The number of aromatic nitrogens is 4. The van der Waals surface area contributed by atoms with Crippen LogP contribution in [0.3, 0.4) is 0 Å². The van der Waals surface area contributed by atoms with Crippen LogP contribution in [-0.4, -0.2) is 48.5 Å². The van der Waals surface area contributed by atoms with Crippen LogP contribution in [0.4, 0.5) is 5.82 Å². The van der Waals surface area contributed by atoms with E-state index in [1.807, 2.05) is 19.1 Å². The highest BCUT2D eigenvalue weighted by Crippen LogP contribution is 2.35. The molecule has 0 saturated carbocycles. The summed E-state index contributed by atoms with van der Waals surface area (Å²) >= 11 is 7.47. The molecule has 9 nitrogen and oxygen atoms in total. The molecule has 1 aliphatic heterocycles. The molecule has 0 unspecified atom stereocenters. The molecule has 1 aliphatic rings. The minimum atomic E-state index is -0.313. The van der Waals surface area contributed by atoms with Gasteiger partial charge in [-0.15, -0.1) is 11.3 Å². The minimum absolute atomic E-state index is 0.0342. The number of nitrogens with two attached hydrogens (primary N) is 2. The van der Waals surface area contributed by atoms with Crippen LogP contribution in [0.2, 0.25) is 5.02 Å². The summed E-state index contributed by atoms with van der Waals surface area (Å²) in [5, 5.41) is 5.02. The molecule has 0 spiro atoms. The second-order valence-corrected chi connectivity index (χ2v) is 11.6. The van der Waals surface area contributed by atoms with Crippen molar-refractivity contribution in [3.63, 3.8) is 0 Å². The van der Waals surface area contributed by atoms with Gasteiger partial charge in [0.1, 0.15) is 27.9 Å². The number of carbonyl (C=O) groups excluding carboxylic acids is 2. The number of halogens is 1. The molecular weight excluding hydrogens is 546 g/mol. The van der Waals surface area contributed by atoms with Crippen molar-refractivity contribution in [1.29, 1.82) is 0 Å². The zero-order valence-corrected chi connectivity index (χ0v) is 23.7. The molecule has 1 fully saturated rings. The maximum Gasteiger partial charge on any atom is 0.274 e. The van der Waals surface area contributed by atoms with Crippen molar-refractivity contribution in [2.75, 3.05) is 12.3 Å². The molecule has 1 amide bonds. The van der Waals surface area contributed by atoms with E-state index in [1.54, 1.807) is 45.4 Å². The van der Waals surface area contributed by atoms with E-state index in [4.69, 9.17) is 23.1 Å². The Balaban J connectivity index is 1.19. The fourth-order valence-corrected chi connectivity index (χ4v) is 6.71. The Morgan fingerprint density at radius 1 is 1.12 bits per heavy atom. The van der Waals surface area contributed by atoms with Crippen LogP contribution in [0.15, 0.2) is 48.2 Å². The van der Waals surface area contributed by atoms with E-state index in [2.05, 4.69) is 21.9 Å². The number of nitrogens with zero attached hydrogens (tertiary/aromatic N) is 5. The first-order valence-corrected chi connectivity index (χ1v) is 14.3. The predicted molar refractivity (Wildman–Crippen MR) is 157 cm³/mol. The molecule has 204 valence electrons. The number of fused-ring (bicyclic) bond motifs is 2. The Hall–Kier alpha value is -3.86. The molecular formula is C29H28ClN7O2S. The van der Waals surface area contributed by atoms with Gasteiger partial charge in [0.15, 0.2) is 5.78 Å². The summed E-state index contributed by atoms with van der Waals surface area (Å²) in [5.74, 6) is 0.248. The molecule has 0 bridgehead atoms. The summed E-state index contributed by atoms with van der Waals surface area (Å²) in [4.78, 5) is 41.7. The molecule has 4 aromatic heterocycles. The van der Waals surface area contributed by atoms with Gasteiger partial charge in [-0.25, -0.2) is 15.0 Å². The Morgan fingerprint density at radius 2 is 1.95 bits per heavy atom. The molecule has 4 N–H and O–H groups in total. The number of thiazole rings is 1. The van der Waals surface area contributed by atoms with Gasteiger partial charge in [-0.1, -0.05) is 11.6 Å². The van der Waals surface area contributed by atoms with Gasteiger partial charge < -0.3 is 20.8 Å². The first-order valence-electron chi connectivity index (χ1n) is 13.0. The van der Waals surface area contributed by atoms with Crippen molar-refractivity contribution in [2.24, 2.45) is 5.73 Å². The van der Waals surface area contributed by atoms with Crippen molar-refractivity contribution in [3.8, 4) is 0 Å². The molecule has 0 radical (unpaired) electrons. The smallest absolute Gasteiger partial charge is 0.274 e. The molecule has 40 heavy (non-hydrogen) atoms. The van der Waals surface area contributed by atoms with Crippen LogP contribution < -0.4 is 11.5 Å². The van der Waals surface area contributed by atoms with Crippen molar-refractivity contribution in [2.45, 2.75) is 45.2 Å². The first kappa shape index (κ1) is 26.4. The van der Waals surface area contributed by atoms with Crippen LogP contribution in [0.25, 0.3) is 16.4 Å². The van der Waals surface area contributed by atoms with Crippen LogP contribution in [0.5, 0.6) is 0 Å². The SMILES string of the molecule is Cc1cc2c(N)nccc2c(C)c1CCC(=O)c1csc([C@@H]2C[C@@H](N)CN2C(=O)c2cn3cc(Cl)ccc3n2)n1. The van der Waals surface area contributed by atoms with Crippen LogP contribution in [0, 0.1) is 13.8 Å². The van der Waals surface area contributed by atoms with Crippen LogP contribution >= 0.6 is 22.9 Å². The molecule has 1 aromatic carbocycles. The number of ketones is 1. The van der Waals surface area contributed by atoms with Crippen LogP contribution in [0.1, 0.15) is 61.6 Å². The Morgan fingerprint density at radius 3 is 2.77 bits per heavy atom. The molecule has 5 aromatic rings. The third-order valence-corrected chi connectivity index (χ3v) is 8.81. The Labute approximate surface area is 239 Å². The number of amides is 1. The van der Waals surface area contributed by atoms with E-state index >= 15 is 0 Å². The number of hydrogen-bond donors (Lipinski definition) is 2. The van der Waals surface area contributed by atoms with Gasteiger partial charge in [-0.05, 0) is 73.0 Å². The molecule has 0 aliphatic carbocycles. The van der Waals surface area contributed by atoms with Crippen LogP contribution in [-0.2, 0) is 6.42 Å². The number of benzene rings is 1. The van der Waals surface area contributed by atoms with Crippen molar-refractivity contribution in [1.82, 2.24) is 24.3 Å². The highest BCUT2D eigenvalue weighted by Gasteiger charge is 2.38. The Bertz CT molecular complexity index is 1800. The average Bonchev–Trinajstić information content (AvgIpc) is 3.66. The lowest BCUT2D eigenvalue weighted by Crippen LogP contribution is -2.33. The zero-order valence-electron chi connectivity index (χ0n) is 22.1. The third-order valence-electron chi connectivity index (χ3n) is 7.64. The number of likely N-dealkylation sites (tertiary alicyclic amines) is 1. The number of hydrogen-bond acceptors (Lipinski definition) is 8. The standard InChI is InChI=1S/C29H28ClN7O2S/c1-15-9-21-20(7-8-33-27(21)32)16(2)19(15)4-5-25(38)23-14-40-28(35-23)24-10-18(31)12-37(24)29(39)22-13-36-11-17(30)3-6-26(36)34-22/h3,6-9,11,13-14,18,24H,4-5,10,12,31H2,1-2H3,(H2,32,33)/t18-,24+/m1/s1. The van der Waals surface area contributed by atoms with E-state index in [-0.39, 0.29) is 23.8 Å². The maximum absolute atomic E-state index is 13.5. The lowest BCUT2D eigenvalue weighted by atomic mass is 9.92. The van der Waals surface area contributed by atoms with E-state index < -0.39 is 0 Å². The maximum atomic E-state index is 13.5. The van der Waals surface area contributed by atoms with Crippen molar-refractivity contribution in [3.05, 3.63) is 86.3 Å². The van der Waals surface area contributed by atoms with Gasteiger partial charge in [0.2, 0.25) is 0 Å². The van der Waals surface area contributed by atoms with Gasteiger partial charge in [-0.2, -0.15) is 0 Å². The lowest BCUT2D eigenvalue weighted by molar-refractivity contribution is 0.0728. The van der Waals surface area contributed by atoms with E-state index in [1.165, 1.54) is 11.3 Å². The van der Waals surface area contributed by atoms with E-state index in [0.29, 0.717) is 58.7 Å². The predicted octanol–water partition coefficient (Wildman–Crippen LogP) is 4.92. The average molecular weight is 574 g/mol. The summed E-state index contributed by atoms with van der Waals surface area (Å²) in [5.41, 5.74) is 17.0. The summed E-state index contributed by atoms with van der Waals surface area (Å²) in [6.45, 7) is 4.48. The lowest BCUT2D eigenvalue weighted by Gasteiger charge is -2.21. The Kier molecular flexibility index (Phi) is 6.77. The number of carbonyl (C=O) groups is 2. The normalized spacial score (nSPS) is 17.2. The van der Waals surface area contributed by atoms with Gasteiger partial charge in [-0.3, -0.25) is 9.59 Å². The quantitative estimate of drug-likeness (QED) is 0.275. The number of imidazole rings is 1. The topological polar surface area (TPSA) is 132 Å². The fourth-order valence-electron chi connectivity index (χ4n) is 5.59. The number of Topliss-reactive ketones (excluding diaryl/α,β-unsaturated/α-hetero) is 1. The zero-order chi connectivity index (χ0) is 28.1. The minimum Gasteiger partial charge on any atom is -0.383 e. The van der Waals surface area contributed by atoms with Gasteiger partial charge in [0, 0.05) is 48.4 Å². The van der Waals surface area contributed by atoms with Crippen molar-refractivity contribution < 1.29 is 9.59 Å². The first-order chi connectivity index (χ1) is 19.2. The highest BCUT2D eigenvalue weighted by molar-refractivity contribution is 7.09. The summed E-state index contributed by atoms with van der Waals surface area (Å²) in [6, 6.07) is 6.99. The molecule has 5 heterocycles. The van der Waals surface area contributed by atoms with E-state index in [9.17, 15) is 9.59 Å². The highest BCUT2D eigenvalue weighted by atomic mass is 35.5. The van der Waals surface area contributed by atoms with E-state index in [0.717, 1.165) is 27.5 Å². The van der Waals surface area contributed by atoms with Gasteiger partial charge in [0.05, 0.1) is 11.1 Å². The second-order valence-electron chi connectivity index (χ2n) is 10.3. The molecule has 1 saturated heterocycles. The molecule has 6 rings (SSSR count). The second kappa shape index (κ2) is 10.3. The number of anilines is 1. The van der Waals surface area contributed by atoms with Gasteiger partial charge >= 0.3 is 0 Å². The fraction of sp³-hybridized carbons (Fsp3) is 0.276. The summed E-state index contributed by atoms with van der Waals surface area (Å²) in [7, 11) is 0. The summed E-state index contributed by atoms with van der Waals surface area (Å²) in [6.07, 6.45) is 6.58. The number of aryl methyl sites for hydroxylation is 2. The van der Waals surface area contributed by atoms with Gasteiger partial charge in [0.25, 0.3) is 5.91 Å². The number of pyridine rings is 2. The monoisotopic (exact) mass is 573 g/mol. The summed E-state index contributed by atoms with van der Waals surface area (Å²) < 4.78 is 1.73. The van der Waals surface area contributed by atoms with Crippen molar-refractivity contribution >= 4 is 56.9 Å². The molecule has 11 heteroatoms. The number of nitrogen functional groups attached to an aromatic ring is 1. The largest absolute Gasteiger partial charge is 0.383 e. The molecule has 2 atom stereocenters. The number of rotatable bonds is 6.